The van der Waals surface area contributed by atoms with Crippen LogP contribution in [0.15, 0.2) is 114 Å². The number of ether oxygens (including phenoxy) is 1. The Morgan fingerprint density at radius 3 is 2.27 bits per heavy atom. The third-order valence-electron chi connectivity index (χ3n) is 6.80. The number of hydrogen-bond acceptors (Lipinski definition) is 5. The Morgan fingerprint density at radius 2 is 1.62 bits per heavy atom. The number of hydrogen-bond donors (Lipinski definition) is 2. The van der Waals surface area contributed by atoms with Gasteiger partial charge in [0.05, 0.1) is 17.3 Å². The molecule has 1 aliphatic heterocycles. The first-order valence-electron chi connectivity index (χ1n) is 12.7. The van der Waals surface area contributed by atoms with Gasteiger partial charge in [0.25, 0.3) is 0 Å². The fraction of sp³-hybridized carbons (Fsp3) is 0.0938. The molecule has 1 fully saturated rings. The molecule has 0 amide bonds. The number of anilines is 1. The minimum Gasteiger partial charge on any atom is -0.478 e. The average molecular weight is 548 g/mol. The average Bonchev–Trinajstić information content (AvgIpc) is 3.60. The number of benzene rings is 3. The second kappa shape index (κ2) is 10.7. The predicted molar refractivity (Wildman–Crippen MR) is 157 cm³/mol. The molecule has 1 aliphatic rings. The number of thiocarbonyl (C=S) groups is 1. The van der Waals surface area contributed by atoms with Crippen molar-refractivity contribution in [3.05, 3.63) is 132 Å². The Morgan fingerprint density at radius 1 is 0.925 bits per heavy atom. The van der Waals surface area contributed by atoms with Gasteiger partial charge in [-0.25, -0.2) is 4.79 Å². The highest BCUT2D eigenvalue weighted by Crippen LogP contribution is 2.43. The Hall–Kier alpha value is -4.95. The van der Waals surface area contributed by atoms with E-state index in [0.717, 1.165) is 22.7 Å². The molecule has 2 atom stereocenters. The number of carbonyl (C=O) groups is 1. The van der Waals surface area contributed by atoms with Gasteiger partial charge in [0, 0.05) is 17.4 Å². The van der Waals surface area contributed by atoms with Gasteiger partial charge in [-0.15, -0.1) is 0 Å². The summed E-state index contributed by atoms with van der Waals surface area (Å²) in [7, 11) is 0. The van der Waals surface area contributed by atoms with E-state index < -0.39 is 5.97 Å². The summed E-state index contributed by atoms with van der Waals surface area (Å²) >= 11 is 5.82. The molecule has 0 saturated carbocycles. The Balaban J connectivity index is 1.33. The minimum atomic E-state index is -0.971. The molecule has 40 heavy (non-hydrogen) atoms. The lowest BCUT2D eigenvalue weighted by atomic mass is 10.0. The van der Waals surface area contributed by atoms with Crippen LogP contribution < -0.4 is 15.0 Å². The van der Waals surface area contributed by atoms with Crippen LogP contribution in [0.5, 0.6) is 11.5 Å². The van der Waals surface area contributed by atoms with Crippen molar-refractivity contribution >= 4 is 29.0 Å². The van der Waals surface area contributed by atoms with Crippen molar-refractivity contribution in [3.63, 3.8) is 0 Å². The van der Waals surface area contributed by atoms with E-state index in [-0.39, 0.29) is 17.6 Å². The van der Waals surface area contributed by atoms with Crippen LogP contribution in [0, 0.1) is 6.92 Å². The number of rotatable bonds is 7. The van der Waals surface area contributed by atoms with Gasteiger partial charge in [-0.2, -0.15) is 0 Å². The topological polar surface area (TPSA) is 87.8 Å². The third kappa shape index (κ3) is 5.04. The van der Waals surface area contributed by atoms with Gasteiger partial charge >= 0.3 is 5.97 Å². The largest absolute Gasteiger partial charge is 0.478 e. The molecule has 0 spiro atoms. The smallest absolute Gasteiger partial charge is 0.335 e. The first-order chi connectivity index (χ1) is 19.5. The molecule has 7 nitrogen and oxygen atoms in total. The molecule has 198 valence electrons. The fourth-order valence-electron chi connectivity index (χ4n) is 4.78. The van der Waals surface area contributed by atoms with Crippen LogP contribution in [-0.2, 0) is 0 Å². The van der Waals surface area contributed by atoms with Gasteiger partial charge in [0.2, 0.25) is 0 Å². The molecule has 3 heterocycles. The predicted octanol–water partition coefficient (Wildman–Crippen LogP) is 7.32. The van der Waals surface area contributed by atoms with Crippen molar-refractivity contribution in [2.24, 2.45) is 0 Å². The minimum absolute atomic E-state index is 0.220. The van der Waals surface area contributed by atoms with Crippen LogP contribution in [0.1, 0.15) is 39.5 Å². The second-order valence-corrected chi connectivity index (χ2v) is 9.88. The van der Waals surface area contributed by atoms with E-state index in [1.807, 2.05) is 90.7 Å². The number of carboxylic acids is 1. The van der Waals surface area contributed by atoms with Crippen LogP contribution in [0.3, 0.4) is 0 Å². The van der Waals surface area contributed by atoms with E-state index in [2.05, 4.69) is 10.3 Å². The number of carboxylic acid groups (broad SMARTS) is 1. The molecule has 0 bridgehead atoms. The highest BCUT2D eigenvalue weighted by molar-refractivity contribution is 7.80. The number of aromatic nitrogens is 1. The molecule has 3 aromatic carbocycles. The molecular formula is C32H25N3O4S. The maximum absolute atomic E-state index is 11.3. The summed E-state index contributed by atoms with van der Waals surface area (Å²) in [4.78, 5) is 17.9. The second-order valence-electron chi connectivity index (χ2n) is 9.49. The zero-order valence-electron chi connectivity index (χ0n) is 21.5. The number of aryl methyl sites for hydroxylation is 1. The fourth-order valence-corrected chi connectivity index (χ4v) is 5.13. The maximum Gasteiger partial charge on any atom is 0.335 e. The summed E-state index contributed by atoms with van der Waals surface area (Å²) in [6.45, 7) is 2.04. The lowest BCUT2D eigenvalue weighted by Crippen LogP contribution is -2.29. The Bertz CT molecular complexity index is 1650. The van der Waals surface area contributed by atoms with Crippen molar-refractivity contribution in [3.8, 4) is 22.8 Å². The number of aromatic carboxylic acids is 1. The van der Waals surface area contributed by atoms with Gasteiger partial charge in [-0.05, 0) is 91.9 Å². The monoisotopic (exact) mass is 547 g/mol. The highest BCUT2D eigenvalue weighted by atomic mass is 32.1. The molecule has 2 N–H and O–H groups in total. The van der Waals surface area contributed by atoms with E-state index >= 15 is 0 Å². The number of furan rings is 1. The van der Waals surface area contributed by atoms with Crippen molar-refractivity contribution in [1.82, 2.24) is 10.3 Å². The molecule has 2 aromatic heterocycles. The van der Waals surface area contributed by atoms with Crippen LogP contribution in [0.2, 0.25) is 0 Å². The van der Waals surface area contributed by atoms with E-state index in [9.17, 15) is 9.90 Å². The molecule has 0 radical (unpaired) electrons. The van der Waals surface area contributed by atoms with Crippen molar-refractivity contribution in [2.45, 2.75) is 19.0 Å². The normalized spacial score (nSPS) is 16.5. The third-order valence-corrected chi connectivity index (χ3v) is 7.12. The summed E-state index contributed by atoms with van der Waals surface area (Å²) in [6.07, 6.45) is 1.76. The molecule has 6 rings (SSSR count). The molecule has 5 aromatic rings. The first-order valence-corrected chi connectivity index (χ1v) is 13.2. The van der Waals surface area contributed by atoms with E-state index in [1.165, 1.54) is 5.56 Å². The van der Waals surface area contributed by atoms with Crippen LogP contribution >= 0.6 is 12.2 Å². The standard InChI is InChI=1S/C32H25N3O4S/c1-20-5-13-24(14-6-20)38-25-15-11-23(12-16-25)35-30(29(34-32(35)40)26-4-2-3-19-33-26)28-18-17-27(39-28)21-7-9-22(10-8-21)31(36)37/h2-19,29-30H,1H3,(H,34,40)(H,36,37)/t29-,30+/m1/s1. The zero-order chi connectivity index (χ0) is 27.6. The van der Waals surface area contributed by atoms with Gasteiger partial charge in [-0.3, -0.25) is 4.98 Å². The summed E-state index contributed by atoms with van der Waals surface area (Å²) in [5.41, 5.74) is 3.88. The van der Waals surface area contributed by atoms with Crippen molar-refractivity contribution in [2.75, 3.05) is 4.90 Å². The highest BCUT2D eigenvalue weighted by Gasteiger charge is 2.42. The molecular weight excluding hydrogens is 522 g/mol. The summed E-state index contributed by atoms with van der Waals surface area (Å²) in [6, 6.07) is 31.3. The van der Waals surface area contributed by atoms with E-state index in [4.69, 9.17) is 21.4 Å². The maximum atomic E-state index is 11.3. The molecule has 0 unspecified atom stereocenters. The SMILES string of the molecule is Cc1ccc(Oc2ccc(N3C(=S)N[C@H](c4ccccn4)[C@@H]3c3ccc(-c4ccc(C(=O)O)cc4)o3)cc2)cc1. The van der Waals surface area contributed by atoms with Gasteiger partial charge in [0.1, 0.15) is 29.1 Å². The van der Waals surface area contributed by atoms with E-state index in [1.54, 1.807) is 30.5 Å². The van der Waals surface area contributed by atoms with Gasteiger partial charge in [-0.1, -0.05) is 35.9 Å². The number of pyridine rings is 1. The Labute approximate surface area is 236 Å². The number of nitrogens with one attached hydrogen (secondary N) is 1. The molecule has 0 aliphatic carbocycles. The molecule has 8 heteroatoms. The van der Waals surface area contributed by atoms with E-state index in [0.29, 0.717) is 22.4 Å². The summed E-state index contributed by atoms with van der Waals surface area (Å²) < 4.78 is 12.4. The van der Waals surface area contributed by atoms with Gasteiger partial charge < -0.3 is 24.5 Å². The van der Waals surface area contributed by atoms with Crippen molar-refractivity contribution < 1.29 is 19.1 Å². The van der Waals surface area contributed by atoms with Crippen molar-refractivity contribution in [1.29, 1.82) is 0 Å². The summed E-state index contributed by atoms with van der Waals surface area (Å²) in [5, 5.41) is 13.2. The van der Waals surface area contributed by atoms with Crippen LogP contribution in [-0.4, -0.2) is 21.2 Å². The lowest BCUT2D eigenvalue weighted by molar-refractivity contribution is 0.0697. The molecule has 1 saturated heterocycles. The van der Waals surface area contributed by atoms with Crippen LogP contribution in [0.4, 0.5) is 5.69 Å². The lowest BCUT2D eigenvalue weighted by Gasteiger charge is -2.26. The summed E-state index contributed by atoms with van der Waals surface area (Å²) in [5.74, 6) is 1.84. The van der Waals surface area contributed by atoms with Gasteiger partial charge in [0.15, 0.2) is 5.11 Å². The first kappa shape index (κ1) is 25.3. The Kier molecular flexibility index (Phi) is 6.76. The zero-order valence-corrected chi connectivity index (χ0v) is 22.3. The number of nitrogens with zero attached hydrogens (tertiary/aromatic N) is 2. The quantitative estimate of drug-likeness (QED) is 0.205. The van der Waals surface area contributed by atoms with Crippen LogP contribution in [0.25, 0.3) is 11.3 Å².